The van der Waals surface area contributed by atoms with E-state index >= 15 is 0 Å². The first-order valence-corrected chi connectivity index (χ1v) is 7.68. The number of aromatic nitrogens is 1. The van der Waals surface area contributed by atoms with Crippen LogP contribution in [0.3, 0.4) is 0 Å². The minimum Gasteiger partial charge on any atom is -0.354 e. The second-order valence-electron chi connectivity index (χ2n) is 6.02. The molecule has 1 aliphatic rings. The molecule has 0 aromatic carbocycles. The normalized spacial score (nSPS) is 19.1. The highest BCUT2D eigenvalue weighted by Gasteiger charge is 2.21. The van der Waals surface area contributed by atoms with Crippen LogP contribution in [0.2, 0.25) is 0 Å². The Hall–Kier alpha value is -1.35. The molecular weight excluding hydrogens is 246 g/mol. The molecule has 0 radical (unpaired) electrons. The van der Waals surface area contributed by atoms with Gasteiger partial charge in [-0.3, -0.25) is 4.90 Å². The number of nitrogens with zero attached hydrogens (tertiary/aromatic N) is 3. The van der Waals surface area contributed by atoms with Gasteiger partial charge in [0.2, 0.25) is 0 Å². The predicted octanol–water partition coefficient (Wildman–Crippen LogP) is 3.47. The van der Waals surface area contributed by atoms with E-state index in [4.69, 9.17) is 0 Å². The molecule has 0 amide bonds. The second-order valence-corrected chi connectivity index (χ2v) is 6.02. The highest BCUT2D eigenvalue weighted by atomic mass is 15.2. The third-order valence-corrected chi connectivity index (χ3v) is 4.14. The van der Waals surface area contributed by atoms with E-state index in [2.05, 4.69) is 54.3 Å². The van der Waals surface area contributed by atoms with E-state index in [1.807, 2.05) is 12.3 Å². The Morgan fingerprint density at radius 1 is 1.50 bits per heavy atom. The molecule has 1 aromatic heterocycles. The van der Waals surface area contributed by atoms with Gasteiger partial charge < -0.3 is 4.90 Å². The molecule has 1 saturated heterocycles. The summed E-state index contributed by atoms with van der Waals surface area (Å²) in [5, 5.41) is 0. The Bertz CT molecular complexity index is 424. The summed E-state index contributed by atoms with van der Waals surface area (Å²) in [6, 6.07) is 5.53. The minimum atomic E-state index is 0.520. The van der Waals surface area contributed by atoms with E-state index in [-0.39, 0.29) is 0 Å². The third kappa shape index (κ3) is 3.60. The molecule has 0 aliphatic carbocycles. The molecule has 20 heavy (non-hydrogen) atoms. The van der Waals surface area contributed by atoms with E-state index in [0.29, 0.717) is 12.1 Å². The third-order valence-electron chi connectivity index (χ3n) is 4.14. The smallest absolute Gasteiger partial charge is 0.128 e. The van der Waals surface area contributed by atoms with Gasteiger partial charge in [0.05, 0.1) is 0 Å². The lowest BCUT2D eigenvalue weighted by Crippen LogP contribution is -2.30. The van der Waals surface area contributed by atoms with Crippen molar-refractivity contribution in [3.8, 4) is 0 Å². The lowest BCUT2D eigenvalue weighted by molar-refractivity contribution is 0.237. The Morgan fingerprint density at radius 3 is 2.80 bits per heavy atom. The van der Waals surface area contributed by atoms with E-state index in [1.165, 1.54) is 18.4 Å². The summed E-state index contributed by atoms with van der Waals surface area (Å²) in [6.45, 7) is 13.6. The topological polar surface area (TPSA) is 19.4 Å². The van der Waals surface area contributed by atoms with Crippen LogP contribution in [0, 0.1) is 0 Å². The first kappa shape index (κ1) is 15.0. The summed E-state index contributed by atoms with van der Waals surface area (Å²) in [7, 11) is 0. The molecule has 1 unspecified atom stereocenters. The molecule has 3 heteroatoms. The van der Waals surface area contributed by atoms with Gasteiger partial charge in [-0.25, -0.2) is 4.98 Å². The fraction of sp³-hybridized carbons (Fsp3) is 0.588. The number of anilines is 1. The predicted molar refractivity (Wildman–Crippen MR) is 86.0 cm³/mol. The summed E-state index contributed by atoms with van der Waals surface area (Å²) in [5.74, 6) is 1.12. The van der Waals surface area contributed by atoms with Gasteiger partial charge in [0, 0.05) is 37.9 Å². The maximum atomic E-state index is 4.66. The molecule has 0 spiro atoms. The average molecular weight is 273 g/mol. The Kier molecular flexibility index (Phi) is 5.18. The fourth-order valence-electron chi connectivity index (χ4n) is 2.81. The number of pyridine rings is 1. The van der Waals surface area contributed by atoms with Gasteiger partial charge >= 0.3 is 0 Å². The fourth-order valence-corrected chi connectivity index (χ4v) is 2.81. The van der Waals surface area contributed by atoms with Crippen LogP contribution in [-0.4, -0.2) is 35.1 Å². The summed E-state index contributed by atoms with van der Waals surface area (Å²) < 4.78 is 0. The van der Waals surface area contributed by atoms with Crippen molar-refractivity contribution < 1.29 is 0 Å². The van der Waals surface area contributed by atoms with Crippen LogP contribution in [0.4, 0.5) is 5.82 Å². The summed E-state index contributed by atoms with van der Waals surface area (Å²) in [4.78, 5) is 9.46. The molecule has 0 saturated carbocycles. The van der Waals surface area contributed by atoms with Gasteiger partial charge in [-0.05, 0) is 45.2 Å². The van der Waals surface area contributed by atoms with Crippen molar-refractivity contribution in [1.82, 2.24) is 9.88 Å². The Labute approximate surface area is 123 Å². The van der Waals surface area contributed by atoms with Crippen molar-refractivity contribution in [3.05, 3.63) is 36.5 Å². The van der Waals surface area contributed by atoms with E-state index in [0.717, 1.165) is 25.5 Å². The van der Waals surface area contributed by atoms with Crippen molar-refractivity contribution in [1.29, 1.82) is 0 Å². The van der Waals surface area contributed by atoms with Gasteiger partial charge in [-0.15, -0.1) is 6.58 Å². The number of rotatable bonds is 6. The first-order chi connectivity index (χ1) is 9.61. The lowest BCUT2D eigenvalue weighted by atomic mass is 10.2. The molecule has 1 fully saturated rings. The van der Waals surface area contributed by atoms with Crippen molar-refractivity contribution in [2.45, 2.75) is 52.2 Å². The van der Waals surface area contributed by atoms with Gasteiger partial charge in [-0.1, -0.05) is 12.1 Å². The van der Waals surface area contributed by atoms with Gasteiger partial charge in [-0.2, -0.15) is 0 Å². The van der Waals surface area contributed by atoms with Crippen molar-refractivity contribution in [2.75, 3.05) is 18.0 Å². The van der Waals surface area contributed by atoms with Crippen molar-refractivity contribution in [2.24, 2.45) is 0 Å². The maximum Gasteiger partial charge on any atom is 0.128 e. The Morgan fingerprint density at radius 2 is 2.30 bits per heavy atom. The van der Waals surface area contributed by atoms with Crippen molar-refractivity contribution in [3.63, 3.8) is 0 Å². The number of hydrogen-bond acceptors (Lipinski definition) is 3. The monoisotopic (exact) mass is 273 g/mol. The van der Waals surface area contributed by atoms with E-state index < -0.39 is 0 Å². The van der Waals surface area contributed by atoms with Crippen LogP contribution >= 0.6 is 0 Å². The summed E-state index contributed by atoms with van der Waals surface area (Å²) in [6.07, 6.45) is 6.56. The van der Waals surface area contributed by atoms with Crippen LogP contribution < -0.4 is 4.90 Å². The van der Waals surface area contributed by atoms with Crippen LogP contribution in [0.15, 0.2) is 31.0 Å². The van der Waals surface area contributed by atoms with Crippen LogP contribution in [-0.2, 0) is 6.54 Å². The number of hydrogen-bond donors (Lipinski definition) is 0. The molecule has 3 nitrogen and oxygen atoms in total. The SMILES string of the molecule is C=CCN(Cc1ccc(N2CCCC2C)nc1)C(C)C. The summed E-state index contributed by atoms with van der Waals surface area (Å²) in [5.41, 5.74) is 1.27. The van der Waals surface area contributed by atoms with Crippen molar-refractivity contribution >= 4 is 5.82 Å². The molecule has 1 aliphatic heterocycles. The summed E-state index contributed by atoms with van der Waals surface area (Å²) >= 11 is 0. The van der Waals surface area contributed by atoms with Gasteiger partial charge in [0.1, 0.15) is 5.82 Å². The molecule has 2 heterocycles. The molecule has 2 rings (SSSR count). The average Bonchev–Trinajstić information content (AvgIpc) is 2.85. The highest BCUT2D eigenvalue weighted by Crippen LogP contribution is 2.23. The van der Waals surface area contributed by atoms with E-state index in [9.17, 15) is 0 Å². The zero-order chi connectivity index (χ0) is 14.5. The van der Waals surface area contributed by atoms with Crippen LogP contribution in [0.5, 0.6) is 0 Å². The molecule has 0 N–H and O–H groups in total. The zero-order valence-corrected chi connectivity index (χ0v) is 13.0. The molecular formula is C17H27N3. The molecule has 0 bridgehead atoms. The molecule has 1 atom stereocenters. The second kappa shape index (κ2) is 6.89. The van der Waals surface area contributed by atoms with Crippen LogP contribution in [0.25, 0.3) is 0 Å². The van der Waals surface area contributed by atoms with E-state index in [1.54, 1.807) is 0 Å². The lowest BCUT2D eigenvalue weighted by Gasteiger charge is -2.26. The maximum absolute atomic E-state index is 4.66. The standard InChI is InChI=1S/C17H27N3/c1-5-10-19(14(2)3)13-16-8-9-17(18-12-16)20-11-6-7-15(20)4/h5,8-9,12,14-15H,1,6-7,10-11,13H2,2-4H3. The minimum absolute atomic E-state index is 0.520. The van der Waals surface area contributed by atoms with Gasteiger partial charge in [0.25, 0.3) is 0 Å². The van der Waals surface area contributed by atoms with Crippen LogP contribution in [0.1, 0.15) is 39.2 Å². The molecule has 110 valence electrons. The largest absolute Gasteiger partial charge is 0.354 e. The van der Waals surface area contributed by atoms with Gasteiger partial charge in [0.15, 0.2) is 0 Å². The Balaban J connectivity index is 2.02. The zero-order valence-electron chi connectivity index (χ0n) is 13.0. The quantitative estimate of drug-likeness (QED) is 0.740. The highest BCUT2D eigenvalue weighted by molar-refractivity contribution is 5.41. The first-order valence-electron chi connectivity index (χ1n) is 7.68. The molecule has 1 aromatic rings.